The Balaban J connectivity index is 1.28. The number of ether oxygens (including phenoxy) is 2. The van der Waals surface area contributed by atoms with Gasteiger partial charge in [0.2, 0.25) is 0 Å². The van der Waals surface area contributed by atoms with Crippen LogP contribution in [-0.2, 0) is 9.47 Å². The van der Waals surface area contributed by atoms with E-state index in [1.165, 1.54) is 82.6 Å². The van der Waals surface area contributed by atoms with E-state index in [1.54, 1.807) is 0 Å². The molecule has 146 valence electrons. The predicted octanol–water partition coefficient (Wildman–Crippen LogP) is 7.14. The van der Waals surface area contributed by atoms with Gasteiger partial charge in [-0.1, -0.05) is 87.4 Å². The van der Waals surface area contributed by atoms with E-state index in [1.807, 2.05) is 0 Å². The molecule has 1 aromatic carbocycles. The molecular weight excluding hydrogens is 320 g/mol. The number of hydrogen-bond donors (Lipinski definition) is 0. The third-order valence-electron chi connectivity index (χ3n) is 5.07. The quantitative estimate of drug-likeness (QED) is 0.329. The lowest BCUT2D eigenvalue weighted by Gasteiger charge is -2.22. The summed E-state index contributed by atoms with van der Waals surface area (Å²) in [6.45, 7) is 1.76. The fourth-order valence-electron chi connectivity index (χ4n) is 3.44. The molecule has 0 spiro atoms. The summed E-state index contributed by atoms with van der Waals surface area (Å²) in [5, 5.41) is 0. The molecule has 1 heterocycles. The van der Waals surface area contributed by atoms with Crippen LogP contribution in [0.4, 0.5) is 0 Å². The minimum Gasteiger partial charge on any atom is -0.353 e. The molecule has 0 N–H and O–H groups in total. The fraction of sp³-hybridized carbons (Fsp3) is 0.667. The summed E-state index contributed by atoms with van der Waals surface area (Å²) >= 11 is 0. The summed E-state index contributed by atoms with van der Waals surface area (Å²) in [6.07, 6.45) is 21.5. The zero-order valence-corrected chi connectivity index (χ0v) is 16.5. The highest BCUT2D eigenvalue weighted by atomic mass is 16.7. The molecule has 2 rings (SSSR count). The van der Waals surface area contributed by atoms with Crippen molar-refractivity contribution in [1.82, 2.24) is 0 Å². The second kappa shape index (κ2) is 15.0. The summed E-state index contributed by atoms with van der Waals surface area (Å²) in [5.41, 5.74) is 1.31. The lowest BCUT2D eigenvalue weighted by atomic mass is 10.1. The lowest BCUT2D eigenvalue weighted by Crippen LogP contribution is -2.22. The summed E-state index contributed by atoms with van der Waals surface area (Å²) in [6, 6.07) is 10.6. The second-order valence-electron chi connectivity index (χ2n) is 7.45. The molecule has 1 fully saturated rings. The third-order valence-corrected chi connectivity index (χ3v) is 5.07. The van der Waals surface area contributed by atoms with Gasteiger partial charge in [-0.05, 0) is 44.1 Å². The number of benzene rings is 1. The molecule has 2 heteroatoms. The van der Waals surface area contributed by atoms with E-state index in [-0.39, 0.29) is 6.29 Å². The van der Waals surface area contributed by atoms with Gasteiger partial charge in [-0.25, -0.2) is 0 Å². The van der Waals surface area contributed by atoms with Gasteiger partial charge in [0.25, 0.3) is 0 Å². The van der Waals surface area contributed by atoms with Crippen molar-refractivity contribution in [3.8, 4) is 0 Å². The molecule has 1 aliphatic rings. The van der Waals surface area contributed by atoms with Crippen molar-refractivity contribution in [2.24, 2.45) is 0 Å². The highest BCUT2D eigenvalue weighted by Crippen LogP contribution is 2.15. The molecule has 0 saturated carbocycles. The zero-order chi connectivity index (χ0) is 18.1. The number of hydrogen-bond acceptors (Lipinski definition) is 2. The van der Waals surface area contributed by atoms with Gasteiger partial charge < -0.3 is 9.47 Å². The van der Waals surface area contributed by atoms with Crippen LogP contribution >= 0.6 is 0 Å². The fourth-order valence-corrected chi connectivity index (χ4v) is 3.44. The van der Waals surface area contributed by atoms with Gasteiger partial charge in [0.1, 0.15) is 0 Å². The van der Waals surface area contributed by atoms with Crippen molar-refractivity contribution in [3.05, 3.63) is 42.0 Å². The van der Waals surface area contributed by atoms with Crippen molar-refractivity contribution in [2.75, 3.05) is 13.2 Å². The molecule has 1 saturated heterocycles. The Morgan fingerprint density at radius 2 is 1.54 bits per heavy atom. The largest absolute Gasteiger partial charge is 0.353 e. The topological polar surface area (TPSA) is 18.5 Å². The molecule has 1 unspecified atom stereocenters. The molecule has 26 heavy (non-hydrogen) atoms. The van der Waals surface area contributed by atoms with Gasteiger partial charge >= 0.3 is 0 Å². The summed E-state index contributed by atoms with van der Waals surface area (Å²) in [7, 11) is 0. The van der Waals surface area contributed by atoms with E-state index < -0.39 is 0 Å². The zero-order valence-electron chi connectivity index (χ0n) is 16.5. The predicted molar refractivity (Wildman–Crippen MR) is 111 cm³/mol. The smallest absolute Gasteiger partial charge is 0.157 e. The standard InChI is InChI=1S/C24H38O2/c1(2-4-6-8-11-17-23-18-12-10-13-19-23)3-5-7-9-15-21-25-24-20-14-16-22-26-24/h10-13,17-19,24H,1-9,14-16,20-22H2. The van der Waals surface area contributed by atoms with E-state index in [0.717, 1.165) is 19.6 Å². The van der Waals surface area contributed by atoms with Crippen LogP contribution in [0.2, 0.25) is 0 Å². The van der Waals surface area contributed by atoms with Crippen LogP contribution in [0.3, 0.4) is 0 Å². The van der Waals surface area contributed by atoms with Gasteiger partial charge in [-0.3, -0.25) is 0 Å². The summed E-state index contributed by atoms with van der Waals surface area (Å²) < 4.78 is 11.4. The van der Waals surface area contributed by atoms with Crippen LogP contribution in [0, 0.1) is 0 Å². The highest BCUT2D eigenvalue weighted by Gasteiger charge is 2.13. The van der Waals surface area contributed by atoms with Crippen molar-refractivity contribution < 1.29 is 9.47 Å². The van der Waals surface area contributed by atoms with E-state index in [9.17, 15) is 0 Å². The van der Waals surface area contributed by atoms with Gasteiger partial charge in [0, 0.05) is 13.2 Å². The third kappa shape index (κ3) is 10.8. The van der Waals surface area contributed by atoms with Crippen LogP contribution in [0.1, 0.15) is 89.0 Å². The average molecular weight is 359 g/mol. The maximum absolute atomic E-state index is 5.78. The maximum atomic E-state index is 5.78. The van der Waals surface area contributed by atoms with Gasteiger partial charge in [-0.2, -0.15) is 0 Å². The molecule has 2 nitrogen and oxygen atoms in total. The minimum atomic E-state index is 0.0892. The van der Waals surface area contributed by atoms with Crippen LogP contribution in [0.25, 0.3) is 6.08 Å². The van der Waals surface area contributed by atoms with E-state index >= 15 is 0 Å². The first-order valence-corrected chi connectivity index (χ1v) is 10.9. The average Bonchev–Trinajstić information content (AvgIpc) is 2.70. The monoisotopic (exact) mass is 358 g/mol. The molecule has 1 aliphatic heterocycles. The first-order valence-electron chi connectivity index (χ1n) is 10.9. The van der Waals surface area contributed by atoms with E-state index in [0.29, 0.717) is 0 Å². The molecule has 1 aromatic rings. The van der Waals surface area contributed by atoms with Crippen LogP contribution in [-0.4, -0.2) is 19.5 Å². The SMILES string of the molecule is C(=Cc1ccccc1)CCCCCCCCCCCOC1CCCCO1. The Labute approximate surface area is 161 Å². The maximum Gasteiger partial charge on any atom is 0.157 e. The number of unbranched alkanes of at least 4 members (excludes halogenated alkanes) is 9. The Morgan fingerprint density at radius 3 is 2.23 bits per heavy atom. The Kier molecular flexibility index (Phi) is 12.2. The first kappa shape index (κ1) is 21.2. The lowest BCUT2D eigenvalue weighted by molar-refractivity contribution is -0.162. The molecule has 1 atom stereocenters. The Bertz CT molecular complexity index is 449. The Hall–Kier alpha value is -1.12. The summed E-state index contributed by atoms with van der Waals surface area (Å²) in [4.78, 5) is 0. The number of rotatable bonds is 14. The molecule has 0 aliphatic carbocycles. The Morgan fingerprint density at radius 1 is 0.846 bits per heavy atom. The molecule has 0 amide bonds. The molecule has 0 radical (unpaired) electrons. The minimum absolute atomic E-state index is 0.0892. The van der Waals surface area contributed by atoms with Gasteiger partial charge in [-0.15, -0.1) is 0 Å². The van der Waals surface area contributed by atoms with Crippen molar-refractivity contribution in [1.29, 1.82) is 0 Å². The van der Waals surface area contributed by atoms with Gasteiger partial charge in [0.05, 0.1) is 0 Å². The van der Waals surface area contributed by atoms with Crippen molar-refractivity contribution in [3.63, 3.8) is 0 Å². The molecule has 0 bridgehead atoms. The molecule has 0 aromatic heterocycles. The summed E-state index contributed by atoms with van der Waals surface area (Å²) in [5.74, 6) is 0. The van der Waals surface area contributed by atoms with Crippen LogP contribution in [0.15, 0.2) is 36.4 Å². The first-order chi connectivity index (χ1) is 12.9. The van der Waals surface area contributed by atoms with Crippen molar-refractivity contribution >= 4 is 6.08 Å². The van der Waals surface area contributed by atoms with E-state index in [4.69, 9.17) is 9.47 Å². The molecular formula is C24H38O2. The number of allylic oxidation sites excluding steroid dienone is 1. The van der Waals surface area contributed by atoms with Gasteiger partial charge in [0.15, 0.2) is 6.29 Å². The normalized spacial score (nSPS) is 17.8. The highest BCUT2D eigenvalue weighted by molar-refractivity contribution is 5.48. The van der Waals surface area contributed by atoms with Crippen LogP contribution in [0.5, 0.6) is 0 Å². The van der Waals surface area contributed by atoms with Crippen molar-refractivity contribution in [2.45, 2.75) is 89.8 Å². The second-order valence-corrected chi connectivity index (χ2v) is 7.45. The van der Waals surface area contributed by atoms with E-state index in [2.05, 4.69) is 42.5 Å². The van der Waals surface area contributed by atoms with Crippen LogP contribution < -0.4 is 0 Å².